The van der Waals surface area contributed by atoms with Gasteiger partial charge in [0.25, 0.3) is 0 Å². The lowest BCUT2D eigenvalue weighted by molar-refractivity contribution is -0.140. The SMILES string of the molecule is COc1cccc(C=N[C@H](C(=O)O)C(C)(C)C)c1O. The maximum absolute atomic E-state index is 11.2. The van der Waals surface area contributed by atoms with Crippen molar-refractivity contribution in [3.63, 3.8) is 0 Å². The fraction of sp³-hybridized carbons (Fsp3) is 0.429. The fourth-order valence-corrected chi connectivity index (χ4v) is 1.62. The molecule has 0 unspecified atom stereocenters. The van der Waals surface area contributed by atoms with Gasteiger partial charge < -0.3 is 14.9 Å². The van der Waals surface area contributed by atoms with Crippen molar-refractivity contribution in [2.45, 2.75) is 26.8 Å². The number of methoxy groups -OCH3 is 1. The van der Waals surface area contributed by atoms with Gasteiger partial charge in [-0.25, -0.2) is 4.79 Å². The van der Waals surface area contributed by atoms with E-state index in [1.165, 1.54) is 13.3 Å². The number of ether oxygens (including phenoxy) is 1. The first kappa shape index (κ1) is 15.0. The van der Waals surface area contributed by atoms with Gasteiger partial charge in [-0.15, -0.1) is 0 Å². The third kappa shape index (κ3) is 3.71. The molecule has 0 radical (unpaired) electrons. The first-order valence-electron chi connectivity index (χ1n) is 5.89. The van der Waals surface area contributed by atoms with Crippen LogP contribution in [0.4, 0.5) is 0 Å². The molecule has 0 amide bonds. The number of phenols is 1. The van der Waals surface area contributed by atoms with Gasteiger partial charge in [0.2, 0.25) is 0 Å². The molecule has 19 heavy (non-hydrogen) atoms. The summed E-state index contributed by atoms with van der Waals surface area (Å²) in [7, 11) is 1.45. The molecule has 1 rings (SSSR count). The van der Waals surface area contributed by atoms with Crippen molar-refractivity contribution in [2.24, 2.45) is 10.4 Å². The van der Waals surface area contributed by atoms with E-state index in [1.54, 1.807) is 39.0 Å². The van der Waals surface area contributed by atoms with Gasteiger partial charge in [-0.3, -0.25) is 4.99 Å². The summed E-state index contributed by atoms with van der Waals surface area (Å²) in [6.45, 7) is 5.40. The van der Waals surface area contributed by atoms with Crippen molar-refractivity contribution in [3.05, 3.63) is 23.8 Å². The van der Waals surface area contributed by atoms with Crippen LogP contribution in [0.3, 0.4) is 0 Å². The molecule has 0 fully saturated rings. The van der Waals surface area contributed by atoms with E-state index in [0.717, 1.165) is 0 Å². The molecule has 0 bridgehead atoms. The summed E-state index contributed by atoms with van der Waals surface area (Å²) in [4.78, 5) is 15.2. The largest absolute Gasteiger partial charge is 0.504 e. The molecule has 5 heteroatoms. The van der Waals surface area contributed by atoms with Gasteiger partial charge in [-0.1, -0.05) is 26.8 Å². The number of aliphatic carboxylic acids is 1. The minimum Gasteiger partial charge on any atom is -0.504 e. The Labute approximate surface area is 112 Å². The van der Waals surface area contributed by atoms with Gasteiger partial charge in [0, 0.05) is 11.8 Å². The number of nitrogens with zero attached hydrogens (tertiary/aromatic N) is 1. The smallest absolute Gasteiger partial charge is 0.328 e. The first-order chi connectivity index (χ1) is 8.77. The van der Waals surface area contributed by atoms with Crippen molar-refractivity contribution < 1.29 is 19.7 Å². The van der Waals surface area contributed by atoms with E-state index >= 15 is 0 Å². The molecule has 1 aromatic rings. The second-order valence-electron chi connectivity index (χ2n) is 5.28. The van der Waals surface area contributed by atoms with Crippen LogP contribution in [0.25, 0.3) is 0 Å². The lowest BCUT2D eigenvalue weighted by atomic mass is 9.87. The van der Waals surface area contributed by atoms with Crippen molar-refractivity contribution >= 4 is 12.2 Å². The van der Waals surface area contributed by atoms with Gasteiger partial charge in [0.1, 0.15) is 0 Å². The van der Waals surface area contributed by atoms with Gasteiger partial charge in [-0.2, -0.15) is 0 Å². The van der Waals surface area contributed by atoms with Crippen molar-refractivity contribution in [1.82, 2.24) is 0 Å². The maximum atomic E-state index is 11.2. The van der Waals surface area contributed by atoms with Crippen LogP contribution in [0.15, 0.2) is 23.2 Å². The standard InChI is InChI=1S/C14H19NO4/c1-14(2,3)12(13(17)18)15-8-9-6-5-7-10(19-4)11(9)16/h5-8,12,16H,1-4H3,(H,17,18)/t12-/m1/s1. The highest BCUT2D eigenvalue weighted by Gasteiger charge is 2.30. The minimum absolute atomic E-state index is 0.0493. The van der Waals surface area contributed by atoms with Crippen LogP contribution >= 0.6 is 0 Å². The molecule has 104 valence electrons. The van der Waals surface area contributed by atoms with E-state index in [4.69, 9.17) is 9.84 Å². The number of aliphatic imine (C=N–C) groups is 1. The molecule has 0 saturated heterocycles. The average molecular weight is 265 g/mol. The van der Waals surface area contributed by atoms with Crippen LogP contribution in [0, 0.1) is 5.41 Å². The number of carboxylic acids is 1. The summed E-state index contributed by atoms with van der Waals surface area (Å²) in [6, 6.07) is 4.08. The Morgan fingerprint density at radius 2 is 2.05 bits per heavy atom. The maximum Gasteiger partial charge on any atom is 0.328 e. The fourth-order valence-electron chi connectivity index (χ4n) is 1.62. The molecule has 5 nitrogen and oxygen atoms in total. The number of benzene rings is 1. The Balaban J connectivity index is 3.07. The summed E-state index contributed by atoms with van der Waals surface area (Å²) < 4.78 is 4.98. The molecule has 1 atom stereocenters. The summed E-state index contributed by atoms with van der Waals surface area (Å²) in [5.41, 5.74) is -0.0774. The highest BCUT2D eigenvalue weighted by atomic mass is 16.5. The van der Waals surface area contributed by atoms with Crippen LogP contribution in [0.5, 0.6) is 11.5 Å². The minimum atomic E-state index is -0.994. The lowest BCUT2D eigenvalue weighted by Crippen LogP contribution is -2.32. The molecule has 0 heterocycles. The van der Waals surface area contributed by atoms with Crippen molar-refractivity contribution in [3.8, 4) is 11.5 Å². The zero-order chi connectivity index (χ0) is 14.6. The van der Waals surface area contributed by atoms with E-state index in [1.807, 2.05) is 0 Å². The number of para-hydroxylation sites is 1. The number of hydrogen-bond donors (Lipinski definition) is 2. The van der Waals surface area contributed by atoms with Crippen LogP contribution in [0.1, 0.15) is 26.3 Å². The zero-order valence-corrected chi connectivity index (χ0v) is 11.5. The lowest BCUT2D eigenvalue weighted by Gasteiger charge is -2.23. The third-order valence-corrected chi connectivity index (χ3v) is 2.67. The van der Waals surface area contributed by atoms with Crippen LogP contribution in [-0.2, 0) is 4.79 Å². The van der Waals surface area contributed by atoms with Crippen molar-refractivity contribution in [2.75, 3.05) is 7.11 Å². The van der Waals surface area contributed by atoms with Crippen LogP contribution in [0.2, 0.25) is 0 Å². The normalized spacial score (nSPS) is 13.5. The molecule has 0 saturated carbocycles. The third-order valence-electron chi connectivity index (χ3n) is 2.67. The predicted molar refractivity (Wildman–Crippen MR) is 73.1 cm³/mol. The Kier molecular flexibility index (Phi) is 4.53. The Morgan fingerprint density at radius 1 is 1.42 bits per heavy atom. The quantitative estimate of drug-likeness (QED) is 0.819. The molecule has 2 N–H and O–H groups in total. The molecule has 0 aromatic heterocycles. The topological polar surface area (TPSA) is 79.1 Å². The molecular weight excluding hydrogens is 246 g/mol. The Hall–Kier alpha value is -2.04. The molecule has 1 aromatic carbocycles. The van der Waals surface area contributed by atoms with E-state index in [9.17, 15) is 9.90 Å². The average Bonchev–Trinajstić information content (AvgIpc) is 2.29. The van der Waals surface area contributed by atoms with Gasteiger partial charge in [0.05, 0.1) is 7.11 Å². The van der Waals surface area contributed by atoms with E-state index in [0.29, 0.717) is 11.3 Å². The summed E-state index contributed by atoms with van der Waals surface area (Å²) in [5.74, 6) is -0.718. The second kappa shape index (κ2) is 5.73. The second-order valence-corrected chi connectivity index (χ2v) is 5.28. The Morgan fingerprint density at radius 3 is 2.53 bits per heavy atom. The van der Waals surface area contributed by atoms with E-state index in [-0.39, 0.29) is 5.75 Å². The molecule has 0 aliphatic rings. The zero-order valence-electron chi connectivity index (χ0n) is 11.5. The summed E-state index contributed by atoms with van der Waals surface area (Å²) in [5, 5.41) is 19.0. The van der Waals surface area contributed by atoms with Gasteiger partial charge >= 0.3 is 5.97 Å². The number of rotatable bonds is 4. The van der Waals surface area contributed by atoms with Crippen molar-refractivity contribution in [1.29, 1.82) is 0 Å². The summed E-state index contributed by atoms with van der Waals surface area (Å²) in [6.07, 6.45) is 1.36. The van der Waals surface area contributed by atoms with Crippen LogP contribution in [-0.4, -0.2) is 35.5 Å². The summed E-state index contributed by atoms with van der Waals surface area (Å²) >= 11 is 0. The van der Waals surface area contributed by atoms with Gasteiger partial charge in [0.15, 0.2) is 17.5 Å². The van der Waals surface area contributed by atoms with Gasteiger partial charge in [-0.05, 0) is 17.5 Å². The number of aromatic hydroxyl groups is 1. The number of carboxylic acid groups (broad SMARTS) is 1. The predicted octanol–water partition coefficient (Wildman–Crippen LogP) is 2.32. The monoisotopic (exact) mass is 265 g/mol. The van der Waals surface area contributed by atoms with E-state index < -0.39 is 17.4 Å². The molecular formula is C14H19NO4. The molecule has 0 aliphatic heterocycles. The molecule has 0 aliphatic carbocycles. The number of carbonyl (C=O) groups is 1. The number of hydrogen-bond acceptors (Lipinski definition) is 4. The van der Waals surface area contributed by atoms with Crippen LogP contribution < -0.4 is 4.74 Å². The molecule has 0 spiro atoms. The number of phenolic OH excluding ortho intramolecular Hbond substituents is 1. The first-order valence-corrected chi connectivity index (χ1v) is 5.89. The van der Waals surface area contributed by atoms with E-state index in [2.05, 4.69) is 4.99 Å². The highest BCUT2D eigenvalue weighted by Crippen LogP contribution is 2.29. The Bertz CT molecular complexity index is 489. The highest BCUT2D eigenvalue weighted by molar-refractivity contribution is 5.87.